The Hall–Kier alpha value is -4.50. The monoisotopic (exact) mass is 500 g/mol. The lowest BCUT2D eigenvalue weighted by molar-refractivity contribution is -0.136. The van der Waals surface area contributed by atoms with Crippen LogP contribution in [-0.2, 0) is 9.53 Å². The molecule has 0 aliphatic carbocycles. The maximum absolute atomic E-state index is 13.6. The average molecular weight is 501 g/mol. The van der Waals surface area contributed by atoms with Gasteiger partial charge in [-0.05, 0) is 36.8 Å². The zero-order chi connectivity index (χ0) is 25.4. The lowest BCUT2D eigenvalue weighted by atomic mass is 9.96. The molecule has 180 valence electrons. The minimum Gasteiger partial charge on any atom is -0.478 e. The lowest BCUT2D eigenvalue weighted by Crippen LogP contribution is -2.39. The molecule has 8 nitrogen and oxygen atoms in total. The van der Waals surface area contributed by atoms with Crippen molar-refractivity contribution in [2.24, 2.45) is 4.99 Å². The Labute approximate surface area is 208 Å². The Kier molecular flexibility index (Phi) is 5.99. The molecule has 1 aliphatic heterocycles. The number of ether oxygens (including phenoxy) is 1. The molecule has 4 aromatic rings. The highest BCUT2D eigenvalue weighted by Crippen LogP contribution is 2.30. The molecule has 0 fully saturated rings. The van der Waals surface area contributed by atoms with Crippen LogP contribution in [0.1, 0.15) is 34.6 Å². The normalized spacial score (nSPS) is 15.4. The van der Waals surface area contributed by atoms with Gasteiger partial charge in [0.25, 0.3) is 5.56 Å². The molecule has 0 saturated carbocycles. The highest BCUT2D eigenvalue weighted by Gasteiger charge is 2.32. The zero-order valence-corrected chi connectivity index (χ0v) is 20.1. The standard InChI is InChI=1S/C27H20N2O6S/c1-15-22(26(33)34-2)23(16-7-4-3-5-8-16)29-24(30)21(36-27(29)28-15)14-19-11-12-20(35-19)17-9-6-10-18(13-17)25(31)32/h3-14,23H,1-2H3,(H,31,32)/b21-14-/t23-/m1/s1. The summed E-state index contributed by atoms with van der Waals surface area (Å²) in [5, 5.41) is 9.24. The summed E-state index contributed by atoms with van der Waals surface area (Å²) >= 11 is 1.20. The Morgan fingerprint density at radius 2 is 1.89 bits per heavy atom. The Balaban J connectivity index is 1.62. The molecule has 2 aromatic heterocycles. The summed E-state index contributed by atoms with van der Waals surface area (Å²) in [7, 11) is 1.30. The van der Waals surface area contributed by atoms with Crippen molar-refractivity contribution in [3.8, 4) is 11.3 Å². The van der Waals surface area contributed by atoms with Gasteiger partial charge in [0, 0.05) is 11.6 Å². The first-order valence-electron chi connectivity index (χ1n) is 11.0. The van der Waals surface area contributed by atoms with E-state index in [9.17, 15) is 19.5 Å². The molecular formula is C27H20N2O6S. The van der Waals surface area contributed by atoms with Gasteiger partial charge < -0.3 is 14.3 Å². The second-order valence-corrected chi connectivity index (χ2v) is 9.08. The van der Waals surface area contributed by atoms with Gasteiger partial charge in [0.2, 0.25) is 0 Å². The number of hydrogen-bond acceptors (Lipinski definition) is 7. The summed E-state index contributed by atoms with van der Waals surface area (Å²) < 4.78 is 12.8. The van der Waals surface area contributed by atoms with E-state index < -0.39 is 18.0 Å². The van der Waals surface area contributed by atoms with Crippen molar-refractivity contribution in [3.05, 3.63) is 115 Å². The van der Waals surface area contributed by atoms with E-state index in [-0.39, 0.29) is 11.1 Å². The first kappa shape index (κ1) is 23.3. The average Bonchev–Trinajstić information content (AvgIpc) is 3.48. The van der Waals surface area contributed by atoms with Crippen LogP contribution in [0.3, 0.4) is 0 Å². The predicted molar refractivity (Wildman–Crippen MR) is 133 cm³/mol. The zero-order valence-electron chi connectivity index (χ0n) is 19.3. The summed E-state index contributed by atoms with van der Waals surface area (Å²) in [6, 6.07) is 18.4. The van der Waals surface area contributed by atoms with E-state index in [0.29, 0.717) is 37.7 Å². The summed E-state index contributed by atoms with van der Waals surface area (Å²) in [6.45, 7) is 1.73. The van der Waals surface area contributed by atoms with Crippen LogP contribution in [0.15, 0.2) is 92.2 Å². The summed E-state index contributed by atoms with van der Waals surface area (Å²) in [5.41, 5.74) is 2.00. The number of allylic oxidation sites excluding steroid dienone is 1. The smallest absolute Gasteiger partial charge is 0.338 e. The van der Waals surface area contributed by atoms with Crippen LogP contribution in [0.2, 0.25) is 0 Å². The van der Waals surface area contributed by atoms with Crippen molar-refractivity contribution in [1.29, 1.82) is 0 Å². The number of aromatic nitrogens is 1. The lowest BCUT2D eigenvalue weighted by Gasteiger charge is -2.24. The molecule has 9 heteroatoms. The molecule has 2 aromatic carbocycles. The molecule has 3 heterocycles. The van der Waals surface area contributed by atoms with E-state index in [2.05, 4.69) is 4.99 Å². The van der Waals surface area contributed by atoms with Crippen LogP contribution < -0.4 is 14.9 Å². The van der Waals surface area contributed by atoms with Gasteiger partial charge in [-0.1, -0.05) is 53.8 Å². The SMILES string of the molecule is COC(=O)C1=C(C)N=c2s/c(=C\c3ccc(-c4cccc(C(=O)O)c4)o3)c(=O)n2[C@@H]1c1ccccc1. The van der Waals surface area contributed by atoms with Crippen LogP contribution in [0, 0.1) is 0 Å². The fourth-order valence-electron chi connectivity index (χ4n) is 4.16. The number of esters is 1. The van der Waals surface area contributed by atoms with Gasteiger partial charge in [0.1, 0.15) is 11.5 Å². The molecule has 0 amide bonds. The number of carbonyl (C=O) groups excluding carboxylic acids is 1. The van der Waals surface area contributed by atoms with Gasteiger partial charge in [-0.25, -0.2) is 14.6 Å². The third-order valence-electron chi connectivity index (χ3n) is 5.84. The molecular weight excluding hydrogens is 480 g/mol. The fraction of sp³-hybridized carbons (Fsp3) is 0.111. The van der Waals surface area contributed by atoms with E-state index in [1.165, 1.54) is 35.1 Å². The van der Waals surface area contributed by atoms with E-state index in [1.54, 1.807) is 37.3 Å². The van der Waals surface area contributed by atoms with Gasteiger partial charge in [-0.15, -0.1) is 0 Å². The maximum atomic E-state index is 13.6. The van der Waals surface area contributed by atoms with Gasteiger partial charge >= 0.3 is 11.9 Å². The van der Waals surface area contributed by atoms with E-state index in [4.69, 9.17) is 9.15 Å². The first-order chi connectivity index (χ1) is 17.4. The molecule has 0 saturated heterocycles. The number of aromatic carboxylic acids is 1. The molecule has 0 spiro atoms. The molecule has 0 radical (unpaired) electrons. The van der Waals surface area contributed by atoms with Crippen molar-refractivity contribution < 1.29 is 23.8 Å². The third kappa shape index (κ3) is 4.09. The second kappa shape index (κ2) is 9.27. The third-order valence-corrected chi connectivity index (χ3v) is 6.82. The molecule has 1 atom stereocenters. The van der Waals surface area contributed by atoms with Crippen LogP contribution in [-0.4, -0.2) is 28.7 Å². The largest absolute Gasteiger partial charge is 0.478 e. The van der Waals surface area contributed by atoms with E-state index in [0.717, 1.165) is 5.56 Å². The predicted octanol–water partition coefficient (Wildman–Crippen LogP) is 3.37. The molecule has 1 N–H and O–H groups in total. The number of fused-ring (bicyclic) bond motifs is 1. The fourth-order valence-corrected chi connectivity index (χ4v) is 5.19. The number of rotatable bonds is 5. The quantitative estimate of drug-likeness (QED) is 0.421. The minimum absolute atomic E-state index is 0.149. The van der Waals surface area contributed by atoms with Gasteiger partial charge in [0.05, 0.1) is 34.5 Å². The van der Waals surface area contributed by atoms with Crippen LogP contribution >= 0.6 is 11.3 Å². The van der Waals surface area contributed by atoms with Crippen molar-refractivity contribution >= 4 is 29.4 Å². The summed E-state index contributed by atoms with van der Waals surface area (Å²) in [5.74, 6) is -0.669. The maximum Gasteiger partial charge on any atom is 0.338 e. The van der Waals surface area contributed by atoms with Crippen molar-refractivity contribution in [2.75, 3.05) is 7.11 Å². The summed E-state index contributed by atoms with van der Waals surface area (Å²) in [4.78, 5) is 42.5. The van der Waals surface area contributed by atoms with Crippen molar-refractivity contribution in [2.45, 2.75) is 13.0 Å². The van der Waals surface area contributed by atoms with E-state index >= 15 is 0 Å². The number of carbonyl (C=O) groups is 2. The number of furan rings is 1. The Morgan fingerprint density at radius 3 is 2.61 bits per heavy atom. The first-order valence-corrected chi connectivity index (χ1v) is 11.8. The van der Waals surface area contributed by atoms with Gasteiger partial charge in [-0.2, -0.15) is 0 Å². The Morgan fingerprint density at radius 1 is 1.11 bits per heavy atom. The van der Waals surface area contributed by atoms with Crippen LogP contribution in [0.4, 0.5) is 0 Å². The van der Waals surface area contributed by atoms with Crippen molar-refractivity contribution in [1.82, 2.24) is 4.57 Å². The number of methoxy groups -OCH3 is 1. The molecule has 0 bridgehead atoms. The minimum atomic E-state index is -1.03. The highest BCUT2D eigenvalue weighted by molar-refractivity contribution is 7.07. The Bertz CT molecular complexity index is 1710. The van der Waals surface area contributed by atoms with Gasteiger partial charge in [-0.3, -0.25) is 9.36 Å². The second-order valence-electron chi connectivity index (χ2n) is 8.07. The van der Waals surface area contributed by atoms with E-state index in [1.807, 2.05) is 30.3 Å². The van der Waals surface area contributed by atoms with Crippen LogP contribution in [0.5, 0.6) is 0 Å². The number of thiazole rings is 1. The topological polar surface area (TPSA) is 111 Å². The number of carboxylic acids is 1. The molecule has 36 heavy (non-hydrogen) atoms. The number of nitrogens with zero attached hydrogens (tertiary/aromatic N) is 2. The van der Waals surface area contributed by atoms with Gasteiger partial charge in [0.15, 0.2) is 4.80 Å². The number of hydrogen-bond donors (Lipinski definition) is 1. The number of carboxylic acid groups (broad SMARTS) is 1. The molecule has 1 aliphatic rings. The number of benzene rings is 2. The van der Waals surface area contributed by atoms with Crippen molar-refractivity contribution in [3.63, 3.8) is 0 Å². The summed E-state index contributed by atoms with van der Waals surface area (Å²) in [6.07, 6.45) is 1.62. The highest BCUT2D eigenvalue weighted by atomic mass is 32.1. The molecule has 0 unspecified atom stereocenters. The molecule has 5 rings (SSSR count). The van der Waals surface area contributed by atoms with Crippen LogP contribution in [0.25, 0.3) is 17.4 Å².